The van der Waals surface area contributed by atoms with E-state index in [1.165, 1.54) is 25.2 Å². The van der Waals surface area contributed by atoms with Crippen LogP contribution in [0.15, 0.2) is 12.4 Å². The standard InChI is InChI=1S/C9H12FN3/c1-2-13(7-3-4-7)9-5-8(10)11-6-12-9/h5-7H,2-4H2,1H3. The smallest absolute Gasteiger partial charge is 0.218 e. The summed E-state index contributed by atoms with van der Waals surface area (Å²) >= 11 is 0. The van der Waals surface area contributed by atoms with Gasteiger partial charge in [-0.15, -0.1) is 0 Å². The van der Waals surface area contributed by atoms with Crippen molar-refractivity contribution in [2.24, 2.45) is 0 Å². The molecule has 4 heteroatoms. The highest BCUT2D eigenvalue weighted by Gasteiger charge is 2.28. The van der Waals surface area contributed by atoms with Gasteiger partial charge in [-0.2, -0.15) is 4.39 Å². The summed E-state index contributed by atoms with van der Waals surface area (Å²) in [6, 6.07) is 1.96. The van der Waals surface area contributed by atoms with E-state index in [1.807, 2.05) is 0 Å². The molecule has 0 aliphatic heterocycles. The van der Waals surface area contributed by atoms with Crippen LogP contribution in [0.5, 0.6) is 0 Å². The van der Waals surface area contributed by atoms with Gasteiger partial charge in [0, 0.05) is 18.7 Å². The molecule has 1 aromatic rings. The van der Waals surface area contributed by atoms with Crippen LogP contribution in [0.25, 0.3) is 0 Å². The summed E-state index contributed by atoms with van der Waals surface area (Å²) in [6.07, 6.45) is 3.66. The van der Waals surface area contributed by atoms with Gasteiger partial charge in [-0.25, -0.2) is 9.97 Å². The molecule has 1 aliphatic carbocycles. The summed E-state index contributed by atoms with van der Waals surface area (Å²) in [5.74, 6) is 0.251. The molecule has 1 aromatic heterocycles. The molecule has 0 N–H and O–H groups in total. The van der Waals surface area contributed by atoms with Crippen LogP contribution in [0.2, 0.25) is 0 Å². The highest BCUT2D eigenvalue weighted by molar-refractivity contribution is 5.39. The van der Waals surface area contributed by atoms with Gasteiger partial charge in [0.25, 0.3) is 0 Å². The maximum absolute atomic E-state index is 12.8. The second kappa shape index (κ2) is 3.28. The molecule has 3 nitrogen and oxygen atoms in total. The van der Waals surface area contributed by atoms with E-state index in [0.29, 0.717) is 11.9 Å². The maximum atomic E-state index is 12.8. The van der Waals surface area contributed by atoms with Gasteiger partial charge in [0.2, 0.25) is 5.95 Å². The first-order valence-electron chi connectivity index (χ1n) is 4.55. The minimum atomic E-state index is -0.455. The van der Waals surface area contributed by atoms with E-state index in [1.54, 1.807) is 0 Å². The van der Waals surface area contributed by atoms with E-state index in [4.69, 9.17) is 0 Å². The number of hydrogen-bond donors (Lipinski definition) is 0. The van der Waals surface area contributed by atoms with Crippen molar-refractivity contribution in [1.29, 1.82) is 0 Å². The zero-order valence-corrected chi connectivity index (χ0v) is 7.57. The van der Waals surface area contributed by atoms with Crippen LogP contribution in [0.4, 0.5) is 10.2 Å². The highest BCUT2D eigenvalue weighted by Crippen LogP contribution is 2.29. The summed E-state index contributed by atoms with van der Waals surface area (Å²) in [5.41, 5.74) is 0. The van der Waals surface area contributed by atoms with Gasteiger partial charge >= 0.3 is 0 Å². The average Bonchev–Trinajstić information content (AvgIpc) is 2.90. The van der Waals surface area contributed by atoms with Gasteiger partial charge in [0.05, 0.1) is 0 Å². The fourth-order valence-electron chi connectivity index (χ4n) is 1.47. The summed E-state index contributed by atoms with van der Waals surface area (Å²) in [6.45, 7) is 2.93. The third-order valence-electron chi connectivity index (χ3n) is 2.24. The van der Waals surface area contributed by atoms with Crippen molar-refractivity contribution in [3.8, 4) is 0 Å². The molecule has 0 amide bonds. The number of anilines is 1. The lowest BCUT2D eigenvalue weighted by Gasteiger charge is -2.20. The van der Waals surface area contributed by atoms with Crippen LogP contribution < -0.4 is 4.90 Å². The van der Waals surface area contributed by atoms with Crippen molar-refractivity contribution >= 4 is 5.82 Å². The Hall–Kier alpha value is -1.19. The zero-order valence-electron chi connectivity index (χ0n) is 7.57. The van der Waals surface area contributed by atoms with Crippen molar-refractivity contribution in [3.63, 3.8) is 0 Å². The SMILES string of the molecule is CCN(c1cc(F)ncn1)C1CC1. The van der Waals surface area contributed by atoms with Crippen LogP contribution in [0.1, 0.15) is 19.8 Å². The zero-order chi connectivity index (χ0) is 9.26. The van der Waals surface area contributed by atoms with E-state index < -0.39 is 5.95 Å². The molecule has 0 spiro atoms. The first-order valence-corrected chi connectivity index (χ1v) is 4.55. The Labute approximate surface area is 76.6 Å². The Morgan fingerprint density at radius 2 is 2.31 bits per heavy atom. The van der Waals surface area contributed by atoms with Crippen LogP contribution >= 0.6 is 0 Å². The highest BCUT2D eigenvalue weighted by atomic mass is 19.1. The lowest BCUT2D eigenvalue weighted by molar-refractivity contribution is 0.577. The van der Waals surface area contributed by atoms with Gasteiger partial charge in [-0.05, 0) is 19.8 Å². The molecule has 1 fully saturated rings. The fourth-order valence-corrected chi connectivity index (χ4v) is 1.47. The third kappa shape index (κ3) is 1.76. The Bertz CT molecular complexity index is 299. The lowest BCUT2D eigenvalue weighted by atomic mass is 10.4. The third-order valence-corrected chi connectivity index (χ3v) is 2.24. The topological polar surface area (TPSA) is 29.0 Å². The molecule has 2 rings (SSSR count). The van der Waals surface area contributed by atoms with Crippen LogP contribution in [0.3, 0.4) is 0 Å². The molecule has 0 aromatic carbocycles. The summed E-state index contributed by atoms with van der Waals surface area (Å²) in [5, 5.41) is 0. The predicted octanol–water partition coefficient (Wildman–Crippen LogP) is 1.60. The summed E-state index contributed by atoms with van der Waals surface area (Å²) in [7, 11) is 0. The molecule has 0 unspecified atom stereocenters. The van der Waals surface area contributed by atoms with Crippen molar-refractivity contribution in [2.45, 2.75) is 25.8 Å². The number of halogens is 1. The number of aromatic nitrogens is 2. The van der Waals surface area contributed by atoms with E-state index in [2.05, 4.69) is 21.8 Å². The lowest BCUT2D eigenvalue weighted by Crippen LogP contribution is -2.26. The average molecular weight is 181 g/mol. The second-order valence-electron chi connectivity index (χ2n) is 3.22. The van der Waals surface area contributed by atoms with E-state index in [0.717, 1.165) is 6.54 Å². The summed E-state index contributed by atoms with van der Waals surface area (Å²) in [4.78, 5) is 9.59. The number of hydrogen-bond acceptors (Lipinski definition) is 3. The maximum Gasteiger partial charge on any atom is 0.218 e. The van der Waals surface area contributed by atoms with E-state index >= 15 is 0 Å². The van der Waals surface area contributed by atoms with Crippen LogP contribution in [0, 0.1) is 5.95 Å². The molecule has 0 saturated heterocycles. The first-order chi connectivity index (χ1) is 6.31. The number of nitrogens with zero attached hydrogens (tertiary/aromatic N) is 3. The van der Waals surface area contributed by atoms with Crippen molar-refractivity contribution < 1.29 is 4.39 Å². The Balaban J connectivity index is 2.21. The molecule has 0 bridgehead atoms. The summed E-state index contributed by atoms with van der Waals surface area (Å²) < 4.78 is 12.8. The fraction of sp³-hybridized carbons (Fsp3) is 0.556. The molecule has 70 valence electrons. The molecular weight excluding hydrogens is 169 g/mol. The monoisotopic (exact) mass is 181 g/mol. The largest absolute Gasteiger partial charge is 0.354 e. The molecule has 1 heterocycles. The molecule has 1 saturated carbocycles. The second-order valence-corrected chi connectivity index (χ2v) is 3.22. The molecule has 13 heavy (non-hydrogen) atoms. The first kappa shape index (κ1) is 8.41. The quantitative estimate of drug-likeness (QED) is 0.663. The Kier molecular flexibility index (Phi) is 2.12. The predicted molar refractivity (Wildman–Crippen MR) is 48.0 cm³/mol. The molecule has 1 aliphatic rings. The van der Waals surface area contributed by atoms with Crippen molar-refractivity contribution in [2.75, 3.05) is 11.4 Å². The Morgan fingerprint density at radius 1 is 1.54 bits per heavy atom. The minimum Gasteiger partial charge on any atom is -0.354 e. The Morgan fingerprint density at radius 3 is 2.85 bits per heavy atom. The van der Waals surface area contributed by atoms with Gasteiger partial charge in [-0.3, -0.25) is 0 Å². The minimum absolute atomic E-state index is 0.455. The van der Waals surface area contributed by atoms with Gasteiger partial charge in [0.15, 0.2) is 0 Å². The van der Waals surface area contributed by atoms with Crippen molar-refractivity contribution in [1.82, 2.24) is 9.97 Å². The molecule has 0 radical (unpaired) electrons. The van der Waals surface area contributed by atoms with Crippen LogP contribution in [-0.2, 0) is 0 Å². The normalized spacial score (nSPS) is 15.8. The van der Waals surface area contributed by atoms with Gasteiger partial charge in [0.1, 0.15) is 12.1 Å². The van der Waals surface area contributed by atoms with E-state index in [9.17, 15) is 4.39 Å². The molecular formula is C9H12FN3. The van der Waals surface area contributed by atoms with Gasteiger partial charge in [-0.1, -0.05) is 0 Å². The van der Waals surface area contributed by atoms with Crippen LogP contribution in [-0.4, -0.2) is 22.6 Å². The number of rotatable bonds is 3. The van der Waals surface area contributed by atoms with E-state index in [-0.39, 0.29) is 0 Å². The molecule has 0 atom stereocenters. The van der Waals surface area contributed by atoms with Gasteiger partial charge < -0.3 is 4.90 Å². The van der Waals surface area contributed by atoms with Crippen molar-refractivity contribution in [3.05, 3.63) is 18.3 Å².